The first-order valence-electron chi connectivity index (χ1n) is 3.09. The van der Waals surface area contributed by atoms with Crippen molar-refractivity contribution in [2.24, 2.45) is 0 Å². The molecule has 1 saturated heterocycles. The van der Waals surface area contributed by atoms with Crippen molar-refractivity contribution in [3.63, 3.8) is 0 Å². The maximum absolute atomic E-state index is 10.8. The number of rotatable bonds is 1. The third-order valence-electron chi connectivity index (χ3n) is 1.49. The summed E-state index contributed by atoms with van der Waals surface area (Å²) in [4.78, 5) is 10.8. The maximum atomic E-state index is 10.8. The average Bonchev–Trinajstić information content (AvgIpc) is 1.89. The van der Waals surface area contributed by atoms with Crippen molar-refractivity contribution in [3.05, 3.63) is 0 Å². The molecule has 1 rings (SSSR count). The molecule has 0 saturated carbocycles. The lowest BCUT2D eigenvalue weighted by Crippen LogP contribution is -2.26. The third kappa shape index (κ3) is 1.55. The summed E-state index contributed by atoms with van der Waals surface area (Å²) in [6, 6.07) is 0. The number of carbonyl (C=O) groups excluding carboxylic acids is 1. The van der Waals surface area contributed by atoms with E-state index in [-0.39, 0.29) is 5.91 Å². The van der Waals surface area contributed by atoms with Crippen molar-refractivity contribution in [1.82, 2.24) is 4.67 Å². The smallest absolute Gasteiger partial charge is 0.227 e. The van der Waals surface area contributed by atoms with E-state index in [1.54, 1.807) is 0 Å². The lowest BCUT2D eigenvalue weighted by molar-refractivity contribution is -0.127. The predicted octanol–water partition coefficient (Wildman–Crippen LogP) is 0.670. The van der Waals surface area contributed by atoms with Crippen LogP contribution in [0.5, 0.6) is 0 Å². The number of nitrogens with zero attached hydrogens (tertiary/aromatic N) is 1. The number of carbonyl (C=O) groups is 1. The van der Waals surface area contributed by atoms with Gasteiger partial charge in [-0.15, -0.1) is 0 Å². The Balaban J connectivity index is 2.48. The van der Waals surface area contributed by atoms with Gasteiger partial charge in [-0.05, 0) is 12.8 Å². The van der Waals surface area contributed by atoms with E-state index in [1.807, 2.05) is 0 Å². The predicted molar refractivity (Wildman–Crippen MR) is 36.0 cm³/mol. The van der Waals surface area contributed by atoms with Gasteiger partial charge in [-0.1, -0.05) is 0 Å². The molecular weight excluding hydrogens is 137 g/mol. The van der Waals surface area contributed by atoms with Crippen LogP contribution < -0.4 is 0 Å². The topological polar surface area (TPSA) is 37.4 Å². The Hall–Kier alpha value is -0.300. The first-order valence-corrected chi connectivity index (χ1v) is 4.08. The van der Waals surface area contributed by atoms with Crippen molar-refractivity contribution in [1.29, 1.82) is 0 Å². The molecule has 0 aromatic rings. The second kappa shape index (κ2) is 3.02. The highest BCUT2D eigenvalue weighted by Gasteiger charge is 2.15. The fourth-order valence-corrected chi connectivity index (χ4v) is 1.47. The minimum Gasteiger partial charge on any atom is -0.307 e. The van der Waals surface area contributed by atoms with Gasteiger partial charge in [0, 0.05) is 13.0 Å². The molecule has 4 heteroatoms. The number of hydrogen-bond donors (Lipinski definition) is 0. The summed E-state index contributed by atoms with van der Waals surface area (Å²) in [6.45, 7) is 0.706. The van der Waals surface area contributed by atoms with E-state index in [2.05, 4.69) is 0 Å². The van der Waals surface area contributed by atoms with Crippen LogP contribution >= 0.6 is 8.61 Å². The van der Waals surface area contributed by atoms with E-state index in [1.165, 1.54) is 4.67 Å². The zero-order chi connectivity index (χ0) is 6.69. The van der Waals surface area contributed by atoms with E-state index >= 15 is 0 Å². The first-order chi connectivity index (χ1) is 4.34. The van der Waals surface area contributed by atoms with Crippen LogP contribution in [0.25, 0.3) is 0 Å². The van der Waals surface area contributed by atoms with Gasteiger partial charge in [0.25, 0.3) is 0 Å². The van der Waals surface area contributed by atoms with Crippen LogP contribution in [0, 0.1) is 0 Å². The van der Waals surface area contributed by atoms with Crippen LogP contribution in [0.3, 0.4) is 0 Å². The zero-order valence-corrected chi connectivity index (χ0v) is 6.32. The van der Waals surface area contributed by atoms with Crippen LogP contribution in [0.2, 0.25) is 0 Å². The Bertz CT molecular complexity index is 137. The molecule has 1 atom stereocenters. The second-order valence-corrected chi connectivity index (χ2v) is 2.98. The minimum absolute atomic E-state index is 0.0613. The third-order valence-corrected chi connectivity index (χ3v) is 2.29. The van der Waals surface area contributed by atoms with Crippen molar-refractivity contribution < 1.29 is 9.36 Å². The Morgan fingerprint density at radius 2 is 2.22 bits per heavy atom. The molecule has 1 aliphatic rings. The molecule has 9 heavy (non-hydrogen) atoms. The summed E-state index contributed by atoms with van der Waals surface area (Å²) in [5.41, 5.74) is 0. The van der Waals surface area contributed by atoms with E-state index in [9.17, 15) is 9.36 Å². The molecule has 0 bridgehead atoms. The summed E-state index contributed by atoms with van der Waals surface area (Å²) < 4.78 is 11.7. The van der Waals surface area contributed by atoms with Gasteiger partial charge in [-0.2, -0.15) is 0 Å². The van der Waals surface area contributed by atoms with Crippen molar-refractivity contribution in [2.45, 2.75) is 19.3 Å². The van der Waals surface area contributed by atoms with Crippen molar-refractivity contribution >= 4 is 14.5 Å². The van der Waals surface area contributed by atoms with Crippen LogP contribution in [-0.2, 0) is 9.36 Å². The van der Waals surface area contributed by atoms with Crippen LogP contribution in [-0.4, -0.2) is 17.1 Å². The second-order valence-electron chi connectivity index (χ2n) is 2.15. The highest BCUT2D eigenvalue weighted by molar-refractivity contribution is 7.21. The van der Waals surface area contributed by atoms with Gasteiger partial charge in [-0.25, -0.2) is 0 Å². The highest BCUT2D eigenvalue weighted by Crippen LogP contribution is 2.16. The standard InChI is InChI=1S/C5H10NO2P/c7-5-3-1-2-4-6(5)9-8/h1-4,9H2. The Labute approximate surface area is 55.3 Å². The number of piperidine rings is 1. The monoisotopic (exact) mass is 147 g/mol. The van der Waals surface area contributed by atoms with Gasteiger partial charge in [0.05, 0.1) is 0 Å². The normalized spacial score (nSPS) is 21.8. The maximum Gasteiger partial charge on any atom is 0.227 e. The Kier molecular flexibility index (Phi) is 2.29. The first kappa shape index (κ1) is 6.81. The zero-order valence-electron chi connectivity index (χ0n) is 5.17. The molecular formula is C5H10NO2P. The molecule has 0 aliphatic carbocycles. The molecule has 0 aromatic heterocycles. The molecule has 1 fully saturated rings. The van der Waals surface area contributed by atoms with E-state index < -0.39 is 8.61 Å². The molecule has 0 N–H and O–H groups in total. The van der Waals surface area contributed by atoms with Crippen LogP contribution in [0.15, 0.2) is 0 Å². The number of hydrogen-bond acceptors (Lipinski definition) is 2. The lowest BCUT2D eigenvalue weighted by atomic mass is 10.2. The summed E-state index contributed by atoms with van der Waals surface area (Å²) in [7, 11) is -1.01. The largest absolute Gasteiger partial charge is 0.307 e. The Morgan fingerprint density at radius 1 is 1.44 bits per heavy atom. The van der Waals surface area contributed by atoms with Crippen LogP contribution in [0.1, 0.15) is 19.3 Å². The fourth-order valence-electron chi connectivity index (χ4n) is 0.938. The van der Waals surface area contributed by atoms with Gasteiger partial charge in [0.1, 0.15) is 0 Å². The van der Waals surface area contributed by atoms with Gasteiger partial charge in [-0.3, -0.25) is 9.46 Å². The molecule has 3 nitrogen and oxygen atoms in total. The van der Waals surface area contributed by atoms with E-state index in [4.69, 9.17) is 0 Å². The van der Waals surface area contributed by atoms with Crippen LogP contribution in [0.4, 0.5) is 0 Å². The van der Waals surface area contributed by atoms with Gasteiger partial charge < -0.3 is 4.57 Å². The van der Waals surface area contributed by atoms with Gasteiger partial charge in [0.2, 0.25) is 5.91 Å². The Morgan fingerprint density at radius 3 is 2.67 bits per heavy atom. The quantitative estimate of drug-likeness (QED) is 0.511. The molecule has 1 amide bonds. The number of amides is 1. The SMILES string of the molecule is O=[PH2]N1CCCCC1=O. The van der Waals surface area contributed by atoms with E-state index in [0.717, 1.165) is 12.8 Å². The van der Waals surface area contributed by atoms with Gasteiger partial charge >= 0.3 is 0 Å². The van der Waals surface area contributed by atoms with Gasteiger partial charge in [0.15, 0.2) is 8.61 Å². The molecule has 0 aromatic carbocycles. The van der Waals surface area contributed by atoms with Crippen molar-refractivity contribution in [2.75, 3.05) is 6.54 Å². The van der Waals surface area contributed by atoms with E-state index in [0.29, 0.717) is 13.0 Å². The average molecular weight is 147 g/mol. The van der Waals surface area contributed by atoms with Crippen molar-refractivity contribution in [3.8, 4) is 0 Å². The molecule has 1 unspecified atom stereocenters. The highest BCUT2D eigenvalue weighted by atomic mass is 31.1. The molecule has 1 aliphatic heterocycles. The lowest BCUT2D eigenvalue weighted by Gasteiger charge is -2.20. The summed E-state index contributed by atoms with van der Waals surface area (Å²) in [5, 5.41) is 0. The summed E-state index contributed by atoms with van der Waals surface area (Å²) in [6.07, 6.45) is 2.57. The minimum atomic E-state index is -1.01. The summed E-state index contributed by atoms with van der Waals surface area (Å²) in [5.74, 6) is 0.0613. The molecule has 0 radical (unpaired) electrons. The summed E-state index contributed by atoms with van der Waals surface area (Å²) >= 11 is 0. The molecule has 52 valence electrons. The molecule has 1 heterocycles. The fraction of sp³-hybridized carbons (Fsp3) is 0.800. The molecule has 0 spiro atoms.